The minimum atomic E-state index is -4.05. The lowest BCUT2D eigenvalue weighted by Gasteiger charge is -2.38. The van der Waals surface area contributed by atoms with E-state index in [1.807, 2.05) is 4.90 Å². The van der Waals surface area contributed by atoms with Gasteiger partial charge in [0.05, 0.1) is 31.6 Å². The molecule has 12 heteroatoms. The molecule has 3 heterocycles. The van der Waals surface area contributed by atoms with Crippen LogP contribution in [0.5, 0.6) is 0 Å². The Morgan fingerprint density at radius 3 is 2.50 bits per heavy atom. The first-order valence-corrected chi connectivity index (χ1v) is 9.86. The predicted molar refractivity (Wildman–Crippen MR) is 108 cm³/mol. The van der Waals surface area contributed by atoms with Crippen LogP contribution >= 0.6 is 0 Å². The molecule has 1 fully saturated rings. The summed E-state index contributed by atoms with van der Waals surface area (Å²) in [5, 5.41) is 17.4. The SMILES string of the molecule is CN1N=CN(CC(O)(c2ccc(F)cc2F)C(F)(F)c2ccc(N3CCOCC3)cn2)N1. The summed E-state index contributed by atoms with van der Waals surface area (Å²) in [6.07, 6.45) is 2.44. The second-order valence-corrected chi connectivity index (χ2v) is 7.54. The number of aliphatic hydroxyl groups is 1. The third-order valence-corrected chi connectivity index (χ3v) is 5.38. The van der Waals surface area contributed by atoms with Crippen LogP contribution in [0.25, 0.3) is 0 Å². The third kappa shape index (κ3) is 4.08. The Morgan fingerprint density at radius 1 is 1.16 bits per heavy atom. The Bertz CT molecular complexity index is 987. The van der Waals surface area contributed by atoms with Crippen LogP contribution in [0.4, 0.5) is 23.2 Å². The Kier molecular flexibility index (Phi) is 5.93. The fourth-order valence-electron chi connectivity index (χ4n) is 3.67. The van der Waals surface area contributed by atoms with E-state index in [1.165, 1.54) is 24.4 Å². The van der Waals surface area contributed by atoms with Gasteiger partial charge in [-0.05, 0) is 24.3 Å². The maximum Gasteiger partial charge on any atom is 0.323 e. The minimum Gasteiger partial charge on any atom is -0.378 e. The van der Waals surface area contributed by atoms with E-state index in [0.717, 1.165) is 29.5 Å². The van der Waals surface area contributed by atoms with E-state index in [1.54, 1.807) is 0 Å². The summed E-state index contributed by atoms with van der Waals surface area (Å²) in [6, 6.07) is 4.62. The first kappa shape index (κ1) is 22.2. The molecule has 1 aromatic carbocycles. The number of morpholine rings is 1. The van der Waals surface area contributed by atoms with Crippen LogP contribution < -0.4 is 10.4 Å². The fraction of sp³-hybridized carbons (Fsp3) is 0.400. The quantitative estimate of drug-likeness (QED) is 0.645. The van der Waals surface area contributed by atoms with Crippen LogP contribution in [0.3, 0.4) is 0 Å². The molecular formula is C20H22F4N6O2. The van der Waals surface area contributed by atoms with Gasteiger partial charge >= 0.3 is 5.92 Å². The highest BCUT2D eigenvalue weighted by molar-refractivity contribution is 5.55. The number of benzene rings is 1. The van der Waals surface area contributed by atoms with E-state index in [-0.39, 0.29) is 0 Å². The number of hydrogen-bond donors (Lipinski definition) is 2. The molecule has 0 saturated carbocycles. The summed E-state index contributed by atoms with van der Waals surface area (Å²) in [7, 11) is 1.51. The van der Waals surface area contributed by atoms with Crippen molar-refractivity contribution >= 4 is 12.0 Å². The average molecular weight is 454 g/mol. The van der Waals surface area contributed by atoms with Crippen LogP contribution in [0.2, 0.25) is 0 Å². The van der Waals surface area contributed by atoms with Crippen molar-refractivity contribution in [2.24, 2.45) is 5.10 Å². The lowest BCUT2D eigenvalue weighted by molar-refractivity contribution is -0.207. The monoisotopic (exact) mass is 454 g/mol. The number of hydrogen-bond acceptors (Lipinski definition) is 8. The molecule has 2 aliphatic rings. The number of halogens is 4. The zero-order valence-electron chi connectivity index (χ0n) is 17.2. The van der Waals surface area contributed by atoms with E-state index < -0.39 is 41.0 Å². The summed E-state index contributed by atoms with van der Waals surface area (Å²) < 4.78 is 64.9. The van der Waals surface area contributed by atoms with Gasteiger partial charge in [-0.15, -0.1) is 10.6 Å². The molecule has 172 valence electrons. The topological polar surface area (TPSA) is 76.5 Å². The molecule has 2 aliphatic heterocycles. The van der Waals surface area contributed by atoms with Crippen LogP contribution in [0, 0.1) is 11.6 Å². The smallest absolute Gasteiger partial charge is 0.323 e. The van der Waals surface area contributed by atoms with Crippen LogP contribution in [-0.2, 0) is 16.3 Å². The number of nitrogens with zero attached hydrogens (tertiary/aromatic N) is 5. The summed E-state index contributed by atoms with van der Waals surface area (Å²) in [5.74, 6) is -6.31. The second-order valence-electron chi connectivity index (χ2n) is 7.54. The first-order valence-electron chi connectivity index (χ1n) is 9.86. The van der Waals surface area contributed by atoms with Gasteiger partial charge in [-0.25, -0.2) is 13.9 Å². The largest absolute Gasteiger partial charge is 0.378 e. The lowest BCUT2D eigenvalue weighted by atomic mass is 9.84. The fourth-order valence-corrected chi connectivity index (χ4v) is 3.67. The number of alkyl halides is 2. The Hall–Kier alpha value is -2.96. The Balaban J connectivity index is 1.71. The molecule has 0 radical (unpaired) electrons. The van der Waals surface area contributed by atoms with Gasteiger partial charge in [0.15, 0.2) is 5.60 Å². The normalized spacial score (nSPS) is 18.9. The molecule has 0 amide bonds. The molecule has 1 aromatic heterocycles. The third-order valence-electron chi connectivity index (χ3n) is 5.38. The highest BCUT2D eigenvalue weighted by atomic mass is 19.3. The minimum absolute atomic E-state index is 0.447. The summed E-state index contributed by atoms with van der Waals surface area (Å²) in [6.45, 7) is 1.41. The maximum atomic E-state index is 15.8. The summed E-state index contributed by atoms with van der Waals surface area (Å²) in [4.78, 5) is 5.82. The van der Waals surface area contributed by atoms with E-state index in [9.17, 15) is 13.9 Å². The zero-order valence-corrected chi connectivity index (χ0v) is 17.2. The van der Waals surface area contributed by atoms with Crippen molar-refractivity contribution in [3.05, 3.63) is 59.4 Å². The van der Waals surface area contributed by atoms with Gasteiger partial charge in [-0.2, -0.15) is 8.78 Å². The summed E-state index contributed by atoms with van der Waals surface area (Å²) in [5.41, 5.74) is -1.41. The van der Waals surface area contributed by atoms with Gasteiger partial charge in [0.2, 0.25) is 0 Å². The van der Waals surface area contributed by atoms with Gasteiger partial charge in [0.1, 0.15) is 23.7 Å². The van der Waals surface area contributed by atoms with Crippen molar-refractivity contribution < 1.29 is 27.4 Å². The van der Waals surface area contributed by atoms with Crippen LogP contribution in [-0.4, -0.2) is 66.5 Å². The van der Waals surface area contributed by atoms with Crippen LogP contribution in [0.1, 0.15) is 11.3 Å². The first-order chi connectivity index (χ1) is 15.2. The van der Waals surface area contributed by atoms with E-state index in [2.05, 4.69) is 15.6 Å². The van der Waals surface area contributed by atoms with E-state index >= 15 is 8.78 Å². The van der Waals surface area contributed by atoms with Gasteiger partial charge in [-0.1, -0.05) is 0 Å². The van der Waals surface area contributed by atoms with Crippen molar-refractivity contribution in [3.8, 4) is 0 Å². The highest BCUT2D eigenvalue weighted by Crippen LogP contribution is 2.46. The average Bonchev–Trinajstić information content (AvgIpc) is 3.18. The zero-order chi connectivity index (χ0) is 22.9. The molecule has 1 saturated heterocycles. The lowest BCUT2D eigenvalue weighted by Crippen LogP contribution is -2.55. The Morgan fingerprint density at radius 2 is 1.91 bits per heavy atom. The van der Waals surface area contributed by atoms with Gasteiger partial charge < -0.3 is 14.7 Å². The molecule has 8 nitrogen and oxygen atoms in total. The molecule has 0 spiro atoms. The van der Waals surface area contributed by atoms with Gasteiger partial charge in [-0.3, -0.25) is 9.99 Å². The van der Waals surface area contributed by atoms with Crippen LogP contribution in [0.15, 0.2) is 41.6 Å². The number of anilines is 1. The second kappa shape index (κ2) is 8.52. The Labute approximate surface area is 181 Å². The molecule has 0 bridgehead atoms. The molecule has 2 aromatic rings. The number of nitrogens with one attached hydrogen (secondary N) is 1. The van der Waals surface area contributed by atoms with Crippen molar-refractivity contribution in [1.82, 2.24) is 20.6 Å². The number of β-amino-alcohol motifs (C(OH)–C–C–N with tert-alkyl or cyclic N) is 1. The maximum absolute atomic E-state index is 15.8. The number of hydrazone groups is 1. The van der Waals surface area contributed by atoms with Crippen molar-refractivity contribution in [3.63, 3.8) is 0 Å². The molecule has 2 N–H and O–H groups in total. The predicted octanol–water partition coefficient (Wildman–Crippen LogP) is 1.79. The van der Waals surface area contributed by atoms with E-state index in [0.29, 0.717) is 38.1 Å². The highest BCUT2D eigenvalue weighted by Gasteiger charge is 2.58. The molecule has 32 heavy (non-hydrogen) atoms. The molecule has 4 rings (SSSR count). The van der Waals surface area contributed by atoms with Crippen molar-refractivity contribution in [2.45, 2.75) is 11.5 Å². The number of hydrazine groups is 2. The molecular weight excluding hydrogens is 432 g/mol. The van der Waals surface area contributed by atoms with Gasteiger partial charge in [0.25, 0.3) is 0 Å². The van der Waals surface area contributed by atoms with Gasteiger partial charge in [0, 0.05) is 31.8 Å². The molecule has 0 aliphatic carbocycles. The number of pyridine rings is 1. The number of aromatic nitrogens is 1. The molecule has 1 atom stereocenters. The summed E-state index contributed by atoms with van der Waals surface area (Å²) >= 11 is 0. The number of rotatable bonds is 6. The standard InChI is InChI=1S/C20H22F4N6O2/c1-28-26-13-30(27-28)12-19(31,16-4-2-14(21)10-17(16)22)20(23,24)18-5-3-15(11-25-18)29-6-8-32-9-7-29/h2-5,10-11,13,27,31H,6-9,12H2,1H3. The number of ether oxygens (including phenoxy) is 1. The molecule has 1 unspecified atom stereocenters. The van der Waals surface area contributed by atoms with Crippen molar-refractivity contribution in [1.29, 1.82) is 0 Å². The van der Waals surface area contributed by atoms with Crippen molar-refractivity contribution in [2.75, 3.05) is 44.8 Å². The van der Waals surface area contributed by atoms with E-state index in [4.69, 9.17) is 4.74 Å².